The number of carboxylic acids is 1. The van der Waals surface area contributed by atoms with Crippen LogP contribution in [0.4, 0.5) is 4.39 Å². The topological polar surface area (TPSA) is 59.4 Å². The summed E-state index contributed by atoms with van der Waals surface area (Å²) in [7, 11) is 0. The molecular weight excluding hydrogens is 340 g/mol. The standard InChI is InChI=1S/C12H6BrClFNO3/c13-8-3-7(12(17)18)10(4-9(8)15)19-6-1-2-11(14)16-5-6/h1-5H,(H,17,18). The van der Waals surface area contributed by atoms with Crippen molar-refractivity contribution in [1.29, 1.82) is 0 Å². The van der Waals surface area contributed by atoms with Gasteiger partial charge in [-0.2, -0.15) is 0 Å². The molecule has 1 aromatic heterocycles. The van der Waals surface area contributed by atoms with Gasteiger partial charge in [0.15, 0.2) is 0 Å². The van der Waals surface area contributed by atoms with Crippen LogP contribution in [0.15, 0.2) is 34.9 Å². The summed E-state index contributed by atoms with van der Waals surface area (Å²) in [5.74, 6) is -1.70. The lowest BCUT2D eigenvalue weighted by molar-refractivity contribution is 0.0694. The number of aromatic nitrogens is 1. The summed E-state index contributed by atoms with van der Waals surface area (Å²) in [6.45, 7) is 0. The zero-order valence-corrected chi connectivity index (χ0v) is 11.6. The fourth-order valence-corrected chi connectivity index (χ4v) is 1.78. The summed E-state index contributed by atoms with van der Waals surface area (Å²) >= 11 is 8.54. The van der Waals surface area contributed by atoms with Crippen molar-refractivity contribution >= 4 is 33.5 Å². The number of ether oxygens (including phenoxy) is 1. The van der Waals surface area contributed by atoms with Crippen molar-refractivity contribution in [2.24, 2.45) is 0 Å². The van der Waals surface area contributed by atoms with Gasteiger partial charge in [0.25, 0.3) is 0 Å². The molecule has 0 saturated carbocycles. The van der Waals surface area contributed by atoms with E-state index in [2.05, 4.69) is 20.9 Å². The number of carboxylic acid groups (broad SMARTS) is 1. The summed E-state index contributed by atoms with van der Waals surface area (Å²) in [6, 6.07) is 5.10. The van der Waals surface area contributed by atoms with Gasteiger partial charge >= 0.3 is 5.97 Å². The van der Waals surface area contributed by atoms with E-state index in [0.29, 0.717) is 0 Å². The molecule has 1 aromatic carbocycles. The predicted octanol–water partition coefficient (Wildman–Crippen LogP) is 4.13. The number of benzene rings is 1. The molecule has 7 heteroatoms. The van der Waals surface area contributed by atoms with Crippen LogP contribution in [0.5, 0.6) is 11.5 Å². The second-order valence-electron chi connectivity index (χ2n) is 3.49. The Balaban J connectivity index is 2.41. The summed E-state index contributed by atoms with van der Waals surface area (Å²) in [5.41, 5.74) is -0.164. The van der Waals surface area contributed by atoms with Crippen molar-refractivity contribution in [3.63, 3.8) is 0 Å². The maximum Gasteiger partial charge on any atom is 0.339 e. The van der Waals surface area contributed by atoms with Crippen LogP contribution in [0.3, 0.4) is 0 Å². The Hall–Kier alpha value is -1.66. The molecule has 0 aliphatic heterocycles. The molecule has 0 amide bonds. The highest BCUT2D eigenvalue weighted by molar-refractivity contribution is 9.10. The Morgan fingerprint density at radius 2 is 2.16 bits per heavy atom. The maximum atomic E-state index is 13.4. The van der Waals surface area contributed by atoms with E-state index >= 15 is 0 Å². The highest BCUT2D eigenvalue weighted by Gasteiger charge is 2.16. The molecule has 0 unspecified atom stereocenters. The van der Waals surface area contributed by atoms with Crippen molar-refractivity contribution in [1.82, 2.24) is 4.98 Å². The molecule has 0 radical (unpaired) electrons. The second-order valence-corrected chi connectivity index (χ2v) is 4.73. The summed E-state index contributed by atoms with van der Waals surface area (Å²) in [4.78, 5) is 14.8. The molecule has 0 bridgehead atoms. The van der Waals surface area contributed by atoms with Crippen LogP contribution in [-0.2, 0) is 0 Å². The third-order valence-electron chi connectivity index (χ3n) is 2.18. The van der Waals surface area contributed by atoms with E-state index in [1.165, 1.54) is 18.3 Å². The smallest absolute Gasteiger partial charge is 0.339 e. The lowest BCUT2D eigenvalue weighted by Crippen LogP contribution is -2.01. The van der Waals surface area contributed by atoms with Crippen LogP contribution >= 0.6 is 27.5 Å². The van der Waals surface area contributed by atoms with E-state index in [1.54, 1.807) is 0 Å². The van der Waals surface area contributed by atoms with Gasteiger partial charge in [0.2, 0.25) is 0 Å². The van der Waals surface area contributed by atoms with Crippen molar-refractivity contribution in [3.05, 3.63) is 51.5 Å². The first kappa shape index (κ1) is 13.8. The van der Waals surface area contributed by atoms with Gasteiger partial charge in [-0.05, 0) is 34.1 Å². The van der Waals surface area contributed by atoms with Crippen molar-refractivity contribution in [2.75, 3.05) is 0 Å². The van der Waals surface area contributed by atoms with Crippen molar-refractivity contribution in [2.45, 2.75) is 0 Å². The Labute approximate surface area is 120 Å². The van der Waals surface area contributed by atoms with Gasteiger partial charge in [-0.3, -0.25) is 0 Å². The third kappa shape index (κ3) is 3.21. The van der Waals surface area contributed by atoms with Crippen LogP contribution in [-0.4, -0.2) is 16.1 Å². The van der Waals surface area contributed by atoms with E-state index in [1.807, 2.05) is 0 Å². The molecule has 0 saturated heterocycles. The number of hydrogen-bond acceptors (Lipinski definition) is 3. The number of hydrogen-bond donors (Lipinski definition) is 1. The maximum absolute atomic E-state index is 13.4. The fourth-order valence-electron chi connectivity index (χ4n) is 1.33. The Morgan fingerprint density at radius 1 is 1.42 bits per heavy atom. The highest BCUT2D eigenvalue weighted by Crippen LogP contribution is 2.30. The lowest BCUT2D eigenvalue weighted by atomic mass is 10.2. The predicted molar refractivity (Wildman–Crippen MR) is 70.4 cm³/mol. The zero-order chi connectivity index (χ0) is 14.0. The number of pyridine rings is 1. The molecule has 0 fully saturated rings. The molecule has 0 aliphatic rings. The zero-order valence-electron chi connectivity index (χ0n) is 9.23. The SMILES string of the molecule is O=C(O)c1cc(Br)c(F)cc1Oc1ccc(Cl)nc1. The molecule has 19 heavy (non-hydrogen) atoms. The van der Waals surface area contributed by atoms with Gasteiger partial charge in [0.05, 0.1) is 10.7 Å². The number of rotatable bonds is 3. The minimum atomic E-state index is -1.22. The molecular formula is C12H6BrClFNO3. The Kier molecular flexibility index (Phi) is 4.01. The van der Waals surface area contributed by atoms with Crippen molar-refractivity contribution < 1.29 is 19.0 Å². The molecule has 1 N–H and O–H groups in total. The van der Waals surface area contributed by atoms with Crippen LogP contribution in [0, 0.1) is 5.82 Å². The van der Waals surface area contributed by atoms with Crippen LogP contribution in [0.25, 0.3) is 0 Å². The first-order valence-electron chi connectivity index (χ1n) is 4.99. The highest BCUT2D eigenvalue weighted by atomic mass is 79.9. The van der Waals surface area contributed by atoms with E-state index in [0.717, 1.165) is 12.1 Å². The summed E-state index contributed by atoms with van der Waals surface area (Å²) < 4.78 is 18.8. The molecule has 1 heterocycles. The third-order valence-corrected chi connectivity index (χ3v) is 3.01. The van der Waals surface area contributed by atoms with Gasteiger partial charge in [-0.1, -0.05) is 11.6 Å². The Morgan fingerprint density at radius 3 is 2.74 bits per heavy atom. The Bertz CT molecular complexity index is 634. The summed E-state index contributed by atoms with van der Waals surface area (Å²) in [6.07, 6.45) is 1.31. The molecule has 2 aromatic rings. The number of carbonyl (C=O) groups is 1. The van der Waals surface area contributed by atoms with Crippen molar-refractivity contribution in [3.8, 4) is 11.5 Å². The van der Waals surface area contributed by atoms with Gasteiger partial charge in [-0.25, -0.2) is 14.2 Å². The van der Waals surface area contributed by atoms with Gasteiger partial charge in [0.1, 0.15) is 28.0 Å². The van der Waals surface area contributed by atoms with E-state index in [9.17, 15) is 9.18 Å². The quantitative estimate of drug-likeness (QED) is 0.849. The monoisotopic (exact) mass is 345 g/mol. The number of aromatic carboxylic acids is 1. The molecule has 0 atom stereocenters. The summed E-state index contributed by atoms with van der Waals surface area (Å²) in [5, 5.41) is 9.31. The normalized spacial score (nSPS) is 10.3. The fraction of sp³-hybridized carbons (Fsp3) is 0. The minimum Gasteiger partial charge on any atom is -0.478 e. The largest absolute Gasteiger partial charge is 0.478 e. The van der Waals surface area contributed by atoms with Crippen LogP contribution in [0.2, 0.25) is 5.15 Å². The van der Waals surface area contributed by atoms with Gasteiger partial charge in [0, 0.05) is 6.07 Å². The first-order chi connectivity index (χ1) is 8.97. The second kappa shape index (κ2) is 5.54. The number of nitrogens with zero attached hydrogens (tertiary/aromatic N) is 1. The van der Waals surface area contributed by atoms with E-state index in [4.69, 9.17) is 21.4 Å². The van der Waals surface area contributed by atoms with E-state index < -0.39 is 11.8 Å². The van der Waals surface area contributed by atoms with E-state index in [-0.39, 0.29) is 26.7 Å². The number of halogens is 3. The average molecular weight is 347 g/mol. The minimum absolute atomic E-state index is 0.0477. The molecule has 0 aliphatic carbocycles. The average Bonchev–Trinajstić information content (AvgIpc) is 2.36. The van der Waals surface area contributed by atoms with Crippen LogP contribution < -0.4 is 4.74 Å². The first-order valence-corrected chi connectivity index (χ1v) is 6.16. The lowest BCUT2D eigenvalue weighted by Gasteiger charge is -2.09. The van der Waals surface area contributed by atoms with Crippen LogP contribution in [0.1, 0.15) is 10.4 Å². The molecule has 0 spiro atoms. The molecule has 4 nitrogen and oxygen atoms in total. The van der Waals surface area contributed by atoms with Gasteiger partial charge < -0.3 is 9.84 Å². The molecule has 98 valence electrons. The molecule has 2 rings (SSSR count). The van der Waals surface area contributed by atoms with Gasteiger partial charge in [-0.15, -0.1) is 0 Å².